The van der Waals surface area contributed by atoms with Crippen LogP contribution in [0.4, 0.5) is 0 Å². The Morgan fingerprint density at radius 3 is 2.85 bits per heavy atom. The van der Waals surface area contributed by atoms with E-state index in [2.05, 4.69) is 39.4 Å². The maximum atomic E-state index is 12.4. The van der Waals surface area contributed by atoms with Gasteiger partial charge in [0.25, 0.3) is 0 Å². The van der Waals surface area contributed by atoms with Crippen molar-refractivity contribution in [3.05, 3.63) is 34.3 Å². The number of hydrogen-bond donors (Lipinski definition) is 1. The van der Waals surface area contributed by atoms with Gasteiger partial charge in [-0.05, 0) is 37.3 Å². The number of rotatable bonds is 6. The molecular formula is C16H20BrNO2. The highest BCUT2D eigenvalue weighted by Crippen LogP contribution is 2.51. The van der Waals surface area contributed by atoms with Crippen molar-refractivity contribution in [2.75, 3.05) is 13.7 Å². The Labute approximate surface area is 128 Å². The first-order chi connectivity index (χ1) is 9.66. The second-order valence-electron chi connectivity index (χ2n) is 5.97. The molecule has 0 spiro atoms. The van der Waals surface area contributed by atoms with E-state index in [0.717, 1.165) is 30.2 Å². The van der Waals surface area contributed by atoms with Crippen LogP contribution in [0.2, 0.25) is 0 Å². The van der Waals surface area contributed by atoms with E-state index in [4.69, 9.17) is 4.74 Å². The Kier molecular flexibility index (Phi) is 3.87. The molecule has 0 bridgehead atoms. The summed E-state index contributed by atoms with van der Waals surface area (Å²) in [5, 5.41) is 3.23. The molecular weight excluding hydrogens is 318 g/mol. The van der Waals surface area contributed by atoms with Gasteiger partial charge in [-0.1, -0.05) is 34.1 Å². The SMILES string of the molecule is COCCC1(C(=O)N[C@@H]2C[C@H]2c2ccccc2Br)CC1. The van der Waals surface area contributed by atoms with Crippen LogP contribution in [0.3, 0.4) is 0 Å². The summed E-state index contributed by atoms with van der Waals surface area (Å²) in [5.74, 6) is 0.696. The number of carbonyl (C=O) groups is 1. The number of hydrogen-bond acceptors (Lipinski definition) is 2. The minimum atomic E-state index is -0.128. The van der Waals surface area contributed by atoms with Crippen molar-refractivity contribution in [1.29, 1.82) is 0 Å². The van der Waals surface area contributed by atoms with E-state index in [0.29, 0.717) is 18.6 Å². The van der Waals surface area contributed by atoms with Gasteiger partial charge in [0.2, 0.25) is 5.91 Å². The van der Waals surface area contributed by atoms with Gasteiger partial charge in [-0.15, -0.1) is 0 Å². The lowest BCUT2D eigenvalue weighted by Gasteiger charge is -2.15. The van der Waals surface area contributed by atoms with Crippen LogP contribution in [0.25, 0.3) is 0 Å². The predicted molar refractivity (Wildman–Crippen MR) is 81.6 cm³/mol. The molecule has 4 heteroatoms. The van der Waals surface area contributed by atoms with Gasteiger partial charge in [0.1, 0.15) is 0 Å². The molecule has 2 saturated carbocycles. The van der Waals surface area contributed by atoms with Crippen LogP contribution in [-0.2, 0) is 9.53 Å². The molecule has 1 aromatic carbocycles. The van der Waals surface area contributed by atoms with Gasteiger partial charge in [-0.2, -0.15) is 0 Å². The Morgan fingerprint density at radius 1 is 1.45 bits per heavy atom. The smallest absolute Gasteiger partial charge is 0.226 e. The van der Waals surface area contributed by atoms with Crippen molar-refractivity contribution in [1.82, 2.24) is 5.32 Å². The van der Waals surface area contributed by atoms with E-state index in [1.165, 1.54) is 5.56 Å². The van der Waals surface area contributed by atoms with Gasteiger partial charge < -0.3 is 10.1 Å². The maximum Gasteiger partial charge on any atom is 0.226 e. The molecule has 0 heterocycles. The van der Waals surface area contributed by atoms with Crippen LogP contribution in [0.15, 0.2) is 28.7 Å². The Balaban J connectivity index is 1.56. The molecule has 2 aliphatic carbocycles. The van der Waals surface area contributed by atoms with Crippen molar-refractivity contribution in [2.45, 2.75) is 37.6 Å². The zero-order valence-electron chi connectivity index (χ0n) is 11.7. The van der Waals surface area contributed by atoms with E-state index in [-0.39, 0.29) is 11.3 Å². The summed E-state index contributed by atoms with van der Waals surface area (Å²) in [6, 6.07) is 8.58. The lowest BCUT2D eigenvalue weighted by Crippen LogP contribution is -2.34. The summed E-state index contributed by atoms with van der Waals surface area (Å²) in [7, 11) is 1.69. The number of halogens is 1. The Morgan fingerprint density at radius 2 is 2.20 bits per heavy atom. The highest BCUT2D eigenvalue weighted by Gasteiger charge is 2.51. The van der Waals surface area contributed by atoms with Crippen molar-refractivity contribution >= 4 is 21.8 Å². The van der Waals surface area contributed by atoms with Gasteiger partial charge in [-0.3, -0.25) is 4.79 Å². The molecule has 108 valence electrons. The van der Waals surface area contributed by atoms with E-state index in [1.807, 2.05) is 6.07 Å². The van der Waals surface area contributed by atoms with Crippen molar-refractivity contribution in [3.8, 4) is 0 Å². The zero-order chi connectivity index (χ0) is 14.2. The standard InChI is InChI=1S/C16H20BrNO2/c1-20-9-8-16(6-7-16)15(19)18-14-10-12(14)11-4-2-3-5-13(11)17/h2-5,12,14H,6-10H2,1H3,(H,18,19)/t12-,14+/m0/s1. The van der Waals surface area contributed by atoms with Gasteiger partial charge in [0.15, 0.2) is 0 Å². The second-order valence-corrected chi connectivity index (χ2v) is 6.82. The molecule has 2 atom stereocenters. The van der Waals surface area contributed by atoms with Gasteiger partial charge in [0, 0.05) is 30.1 Å². The van der Waals surface area contributed by atoms with E-state index < -0.39 is 0 Å². The quantitative estimate of drug-likeness (QED) is 0.865. The van der Waals surface area contributed by atoms with Crippen molar-refractivity contribution in [2.24, 2.45) is 5.41 Å². The molecule has 20 heavy (non-hydrogen) atoms. The number of benzene rings is 1. The normalized spacial score (nSPS) is 26.1. The molecule has 2 fully saturated rings. The molecule has 0 radical (unpaired) electrons. The first-order valence-corrected chi connectivity index (χ1v) is 8.00. The van der Waals surface area contributed by atoms with Crippen LogP contribution < -0.4 is 5.32 Å². The number of amides is 1. The molecule has 0 unspecified atom stereocenters. The third kappa shape index (κ3) is 2.77. The van der Waals surface area contributed by atoms with Gasteiger partial charge in [0.05, 0.1) is 5.41 Å². The number of ether oxygens (including phenoxy) is 1. The minimum absolute atomic E-state index is 0.128. The average molecular weight is 338 g/mol. The van der Waals surface area contributed by atoms with E-state index in [9.17, 15) is 4.79 Å². The molecule has 0 aromatic heterocycles. The fourth-order valence-electron chi connectivity index (χ4n) is 2.83. The van der Waals surface area contributed by atoms with Crippen LogP contribution in [0.5, 0.6) is 0 Å². The first-order valence-electron chi connectivity index (χ1n) is 7.21. The number of nitrogens with one attached hydrogen (secondary N) is 1. The average Bonchev–Trinajstić information content (AvgIpc) is 3.33. The summed E-state index contributed by atoms with van der Waals surface area (Å²) in [6.45, 7) is 0.672. The van der Waals surface area contributed by atoms with Crippen molar-refractivity contribution in [3.63, 3.8) is 0 Å². The fourth-order valence-corrected chi connectivity index (χ4v) is 3.41. The molecule has 1 aromatic rings. The largest absolute Gasteiger partial charge is 0.385 e. The maximum absolute atomic E-state index is 12.4. The first kappa shape index (κ1) is 14.1. The topological polar surface area (TPSA) is 38.3 Å². The monoisotopic (exact) mass is 337 g/mol. The number of methoxy groups -OCH3 is 1. The van der Waals surface area contributed by atoms with Gasteiger partial charge in [-0.25, -0.2) is 0 Å². The molecule has 0 saturated heterocycles. The summed E-state index contributed by atoms with van der Waals surface area (Å²) in [4.78, 5) is 12.4. The molecule has 3 rings (SSSR count). The Bertz CT molecular complexity index is 513. The third-order valence-electron chi connectivity index (χ3n) is 4.53. The number of carbonyl (C=O) groups excluding carboxylic acids is 1. The zero-order valence-corrected chi connectivity index (χ0v) is 13.3. The van der Waals surface area contributed by atoms with E-state index in [1.54, 1.807) is 7.11 Å². The van der Waals surface area contributed by atoms with Crippen LogP contribution >= 0.6 is 15.9 Å². The molecule has 0 aliphatic heterocycles. The predicted octanol–water partition coefficient (Wildman–Crippen LogP) is 3.24. The van der Waals surface area contributed by atoms with Crippen LogP contribution in [0, 0.1) is 5.41 Å². The van der Waals surface area contributed by atoms with Crippen molar-refractivity contribution < 1.29 is 9.53 Å². The van der Waals surface area contributed by atoms with E-state index >= 15 is 0 Å². The molecule has 1 amide bonds. The highest BCUT2D eigenvalue weighted by molar-refractivity contribution is 9.10. The summed E-state index contributed by atoms with van der Waals surface area (Å²) in [6.07, 6.45) is 3.92. The lowest BCUT2D eigenvalue weighted by molar-refractivity contribution is -0.127. The third-order valence-corrected chi connectivity index (χ3v) is 5.25. The molecule has 3 nitrogen and oxygen atoms in total. The molecule has 1 N–H and O–H groups in total. The summed E-state index contributed by atoms with van der Waals surface area (Å²) >= 11 is 3.59. The Hall–Kier alpha value is -0.870. The highest BCUT2D eigenvalue weighted by atomic mass is 79.9. The van der Waals surface area contributed by atoms with Crippen LogP contribution in [-0.4, -0.2) is 25.7 Å². The summed E-state index contributed by atoms with van der Waals surface area (Å²) in [5.41, 5.74) is 1.18. The minimum Gasteiger partial charge on any atom is -0.385 e. The molecule has 2 aliphatic rings. The lowest BCUT2D eigenvalue weighted by atomic mass is 10.0. The van der Waals surface area contributed by atoms with Crippen LogP contribution in [0.1, 0.15) is 37.2 Å². The second kappa shape index (κ2) is 5.49. The van der Waals surface area contributed by atoms with Gasteiger partial charge >= 0.3 is 0 Å². The summed E-state index contributed by atoms with van der Waals surface area (Å²) < 4.78 is 6.25. The fraction of sp³-hybridized carbons (Fsp3) is 0.562.